The smallest absolute Gasteiger partial charge is 0.305 e. The lowest BCUT2D eigenvalue weighted by Crippen LogP contribution is -2.25. The van der Waals surface area contributed by atoms with Crippen LogP contribution >= 0.6 is 11.3 Å². The first-order valence-corrected chi connectivity index (χ1v) is 9.87. The van der Waals surface area contributed by atoms with Gasteiger partial charge in [-0.2, -0.15) is 0 Å². The Kier molecular flexibility index (Phi) is 6.24. The summed E-state index contributed by atoms with van der Waals surface area (Å²) in [4.78, 5) is 37.0. The van der Waals surface area contributed by atoms with Gasteiger partial charge in [0.05, 0.1) is 11.3 Å². The number of fused-ring (bicyclic) bond motifs is 1. The SMILES string of the molecule is O=C(O)CCNC(=O)c1ccc(NC(=O)c2cc3c(s2)CCCCC3)cc1. The van der Waals surface area contributed by atoms with Crippen molar-refractivity contribution in [2.45, 2.75) is 38.5 Å². The van der Waals surface area contributed by atoms with Crippen molar-refractivity contribution in [3.8, 4) is 0 Å². The Bertz CT molecular complexity index is 819. The Morgan fingerprint density at radius 2 is 1.74 bits per heavy atom. The first-order chi connectivity index (χ1) is 13.0. The molecule has 1 heterocycles. The van der Waals surface area contributed by atoms with Gasteiger partial charge in [0, 0.05) is 22.7 Å². The van der Waals surface area contributed by atoms with Gasteiger partial charge in [-0.1, -0.05) is 6.42 Å². The molecule has 3 N–H and O–H groups in total. The fourth-order valence-electron chi connectivity index (χ4n) is 3.06. The number of thiophene rings is 1. The molecule has 0 unspecified atom stereocenters. The van der Waals surface area contributed by atoms with E-state index in [1.54, 1.807) is 35.6 Å². The Labute approximate surface area is 161 Å². The molecule has 0 fully saturated rings. The molecule has 27 heavy (non-hydrogen) atoms. The van der Waals surface area contributed by atoms with Gasteiger partial charge in [-0.3, -0.25) is 14.4 Å². The van der Waals surface area contributed by atoms with Crippen LogP contribution in [0.1, 0.15) is 56.2 Å². The molecule has 1 aromatic heterocycles. The fraction of sp³-hybridized carbons (Fsp3) is 0.350. The van der Waals surface area contributed by atoms with Gasteiger partial charge >= 0.3 is 5.97 Å². The van der Waals surface area contributed by atoms with Crippen LogP contribution in [0.2, 0.25) is 0 Å². The lowest BCUT2D eigenvalue weighted by Gasteiger charge is -2.06. The summed E-state index contributed by atoms with van der Waals surface area (Å²) in [5.74, 6) is -1.43. The monoisotopic (exact) mass is 386 g/mol. The lowest BCUT2D eigenvalue weighted by molar-refractivity contribution is -0.136. The molecule has 1 aromatic carbocycles. The van der Waals surface area contributed by atoms with Crippen molar-refractivity contribution in [3.05, 3.63) is 51.2 Å². The molecular formula is C20H22N2O4S. The fourth-order valence-corrected chi connectivity index (χ4v) is 4.21. The molecule has 1 aliphatic carbocycles. The number of nitrogens with one attached hydrogen (secondary N) is 2. The summed E-state index contributed by atoms with van der Waals surface area (Å²) >= 11 is 1.57. The Balaban J connectivity index is 1.58. The summed E-state index contributed by atoms with van der Waals surface area (Å²) in [6.45, 7) is 0.0791. The third-order valence-electron chi connectivity index (χ3n) is 4.50. The van der Waals surface area contributed by atoms with Gasteiger partial charge in [-0.05, 0) is 61.6 Å². The Morgan fingerprint density at radius 1 is 1.00 bits per heavy atom. The molecule has 0 saturated heterocycles. The van der Waals surface area contributed by atoms with Gasteiger partial charge in [-0.25, -0.2) is 0 Å². The third kappa shape index (κ3) is 5.17. The molecule has 1 aliphatic rings. The number of carbonyl (C=O) groups is 3. The van der Waals surface area contributed by atoms with Gasteiger partial charge < -0.3 is 15.7 Å². The molecule has 0 atom stereocenters. The van der Waals surface area contributed by atoms with Crippen molar-refractivity contribution in [1.29, 1.82) is 0 Å². The highest BCUT2D eigenvalue weighted by molar-refractivity contribution is 7.14. The van der Waals surface area contributed by atoms with E-state index in [0.29, 0.717) is 11.3 Å². The number of hydrogen-bond donors (Lipinski definition) is 3. The van der Waals surface area contributed by atoms with E-state index in [-0.39, 0.29) is 24.8 Å². The van der Waals surface area contributed by atoms with E-state index in [1.165, 1.54) is 29.7 Å². The van der Waals surface area contributed by atoms with Crippen LogP contribution in [0, 0.1) is 0 Å². The number of carboxylic acids is 1. The molecule has 142 valence electrons. The third-order valence-corrected chi connectivity index (χ3v) is 5.74. The summed E-state index contributed by atoms with van der Waals surface area (Å²) < 4.78 is 0. The van der Waals surface area contributed by atoms with E-state index >= 15 is 0 Å². The first-order valence-electron chi connectivity index (χ1n) is 9.06. The molecule has 2 amide bonds. The summed E-state index contributed by atoms with van der Waals surface area (Å²) in [6.07, 6.45) is 5.60. The van der Waals surface area contributed by atoms with E-state index in [1.807, 2.05) is 6.07 Å². The standard InChI is InChI=1S/C20H22N2O4S/c23-18(24)10-11-21-19(25)13-6-8-15(9-7-13)22-20(26)17-12-14-4-2-1-3-5-16(14)27-17/h6-9,12H,1-5,10-11H2,(H,21,25)(H,22,26)(H,23,24). The highest BCUT2D eigenvalue weighted by Gasteiger charge is 2.16. The lowest BCUT2D eigenvalue weighted by atomic mass is 10.1. The molecule has 7 heteroatoms. The predicted molar refractivity (Wildman–Crippen MR) is 105 cm³/mol. The number of aryl methyl sites for hydroxylation is 2. The second kappa shape index (κ2) is 8.81. The zero-order valence-corrected chi connectivity index (χ0v) is 15.7. The number of benzene rings is 1. The van der Waals surface area contributed by atoms with Crippen LogP contribution in [-0.4, -0.2) is 29.4 Å². The number of amides is 2. The topological polar surface area (TPSA) is 95.5 Å². The van der Waals surface area contributed by atoms with Crippen molar-refractivity contribution >= 4 is 34.8 Å². The quantitative estimate of drug-likeness (QED) is 0.663. The molecule has 0 aliphatic heterocycles. The van der Waals surface area contributed by atoms with Crippen molar-refractivity contribution in [2.24, 2.45) is 0 Å². The van der Waals surface area contributed by atoms with Crippen molar-refractivity contribution in [3.63, 3.8) is 0 Å². The number of rotatable bonds is 6. The average molecular weight is 386 g/mol. The van der Waals surface area contributed by atoms with Gasteiger partial charge in [0.2, 0.25) is 0 Å². The molecule has 0 radical (unpaired) electrons. The minimum atomic E-state index is -0.959. The maximum Gasteiger partial charge on any atom is 0.305 e. The second-order valence-corrected chi connectivity index (χ2v) is 7.69. The summed E-state index contributed by atoms with van der Waals surface area (Å²) in [6, 6.07) is 8.56. The maximum atomic E-state index is 12.5. The van der Waals surface area contributed by atoms with Gasteiger partial charge in [0.25, 0.3) is 11.8 Å². The highest BCUT2D eigenvalue weighted by Crippen LogP contribution is 2.29. The Morgan fingerprint density at radius 3 is 2.48 bits per heavy atom. The number of carboxylic acid groups (broad SMARTS) is 1. The van der Waals surface area contributed by atoms with Crippen LogP contribution in [0.4, 0.5) is 5.69 Å². The average Bonchev–Trinajstić information content (AvgIpc) is 2.93. The molecule has 0 saturated carbocycles. The number of anilines is 1. The van der Waals surface area contributed by atoms with E-state index in [2.05, 4.69) is 10.6 Å². The van der Waals surface area contributed by atoms with Gasteiger partial charge in [-0.15, -0.1) is 11.3 Å². The van der Waals surface area contributed by atoms with E-state index in [9.17, 15) is 14.4 Å². The minimum absolute atomic E-state index is 0.0791. The zero-order chi connectivity index (χ0) is 19.2. The number of carbonyl (C=O) groups excluding carboxylic acids is 2. The van der Waals surface area contributed by atoms with E-state index in [4.69, 9.17) is 5.11 Å². The second-order valence-electron chi connectivity index (χ2n) is 6.55. The summed E-state index contributed by atoms with van der Waals surface area (Å²) in [7, 11) is 0. The highest BCUT2D eigenvalue weighted by atomic mass is 32.1. The minimum Gasteiger partial charge on any atom is -0.481 e. The van der Waals surface area contributed by atoms with Gasteiger partial charge in [0.1, 0.15) is 0 Å². The molecule has 3 rings (SSSR count). The number of aliphatic carboxylic acids is 1. The van der Waals surface area contributed by atoms with Crippen LogP contribution in [-0.2, 0) is 17.6 Å². The van der Waals surface area contributed by atoms with Crippen LogP contribution in [0.3, 0.4) is 0 Å². The largest absolute Gasteiger partial charge is 0.481 e. The summed E-state index contributed by atoms with van der Waals surface area (Å²) in [5, 5.41) is 14.0. The first kappa shape index (κ1) is 19.1. The molecule has 0 spiro atoms. The Hall–Kier alpha value is -2.67. The molecule has 2 aromatic rings. The van der Waals surface area contributed by atoms with Crippen molar-refractivity contribution in [1.82, 2.24) is 5.32 Å². The van der Waals surface area contributed by atoms with Gasteiger partial charge in [0.15, 0.2) is 0 Å². The maximum absolute atomic E-state index is 12.5. The predicted octanol–water partition coefficient (Wildman–Crippen LogP) is 3.47. The zero-order valence-electron chi connectivity index (χ0n) is 14.9. The molecule has 6 nitrogen and oxygen atoms in total. The summed E-state index contributed by atoms with van der Waals surface area (Å²) in [5.41, 5.74) is 2.34. The number of hydrogen-bond acceptors (Lipinski definition) is 4. The van der Waals surface area contributed by atoms with Crippen molar-refractivity contribution < 1.29 is 19.5 Å². The van der Waals surface area contributed by atoms with E-state index < -0.39 is 5.97 Å². The molecule has 0 bridgehead atoms. The van der Waals surface area contributed by atoms with Crippen LogP contribution < -0.4 is 10.6 Å². The molecular weight excluding hydrogens is 364 g/mol. The van der Waals surface area contributed by atoms with Crippen LogP contribution in [0.5, 0.6) is 0 Å². The van der Waals surface area contributed by atoms with Crippen LogP contribution in [0.25, 0.3) is 0 Å². The van der Waals surface area contributed by atoms with E-state index in [0.717, 1.165) is 17.7 Å². The van der Waals surface area contributed by atoms with Crippen molar-refractivity contribution in [2.75, 3.05) is 11.9 Å². The normalized spacial score (nSPS) is 13.3. The van der Waals surface area contributed by atoms with Crippen LogP contribution in [0.15, 0.2) is 30.3 Å².